The number of aliphatic hydroxyl groups is 1. The number of rotatable bonds is 6. The second-order valence-electron chi connectivity index (χ2n) is 3.94. The van der Waals surface area contributed by atoms with Crippen LogP contribution in [0.5, 0.6) is 0 Å². The molecule has 1 aromatic rings. The first-order chi connectivity index (χ1) is 9.41. The third kappa shape index (κ3) is 4.62. The molecule has 0 aromatic heterocycles. The van der Waals surface area contributed by atoms with E-state index in [2.05, 4.69) is 9.46 Å². The highest BCUT2D eigenvalue weighted by molar-refractivity contribution is 7.88. The largest absolute Gasteiger partial charge is 0.468 e. The predicted octanol–water partition coefficient (Wildman–Crippen LogP) is -0.488. The fourth-order valence-electron chi connectivity index (χ4n) is 1.46. The van der Waals surface area contributed by atoms with E-state index >= 15 is 0 Å². The maximum absolute atomic E-state index is 11.8. The molecular formula is C12H14N2O5S. The Morgan fingerprint density at radius 1 is 1.45 bits per heavy atom. The zero-order chi connectivity index (χ0) is 15.2. The summed E-state index contributed by atoms with van der Waals surface area (Å²) in [6.45, 7) is -0.695. The summed E-state index contributed by atoms with van der Waals surface area (Å²) in [7, 11) is -2.72. The number of hydrogen-bond donors (Lipinski definition) is 2. The number of nitriles is 1. The number of aliphatic hydroxyl groups excluding tert-OH is 1. The molecule has 1 atom stereocenters. The van der Waals surface area contributed by atoms with Gasteiger partial charge in [0.25, 0.3) is 0 Å². The molecule has 0 aliphatic heterocycles. The SMILES string of the molecule is COC(=O)C(CO)NS(=O)(=O)Cc1ccc(C#N)cc1. The monoisotopic (exact) mass is 298 g/mol. The van der Waals surface area contributed by atoms with Crippen molar-refractivity contribution in [2.75, 3.05) is 13.7 Å². The van der Waals surface area contributed by atoms with Crippen LogP contribution < -0.4 is 4.72 Å². The van der Waals surface area contributed by atoms with Crippen LogP contribution in [0.2, 0.25) is 0 Å². The van der Waals surface area contributed by atoms with Crippen molar-refractivity contribution in [3.8, 4) is 6.07 Å². The molecule has 0 amide bonds. The van der Waals surface area contributed by atoms with Crippen LogP contribution in [0.1, 0.15) is 11.1 Å². The molecular weight excluding hydrogens is 284 g/mol. The third-order valence-electron chi connectivity index (χ3n) is 2.43. The van der Waals surface area contributed by atoms with Gasteiger partial charge >= 0.3 is 5.97 Å². The van der Waals surface area contributed by atoms with E-state index < -0.39 is 28.6 Å². The summed E-state index contributed by atoms with van der Waals surface area (Å²) < 4.78 is 30.1. The van der Waals surface area contributed by atoms with E-state index in [0.29, 0.717) is 11.1 Å². The van der Waals surface area contributed by atoms with Gasteiger partial charge in [0, 0.05) is 0 Å². The number of benzene rings is 1. The Kier molecular flexibility index (Phi) is 5.64. The van der Waals surface area contributed by atoms with Crippen LogP contribution in [0, 0.1) is 11.3 Å². The maximum Gasteiger partial charge on any atom is 0.326 e. The van der Waals surface area contributed by atoms with Crippen molar-refractivity contribution in [1.29, 1.82) is 5.26 Å². The van der Waals surface area contributed by atoms with Gasteiger partial charge in [0.15, 0.2) is 0 Å². The van der Waals surface area contributed by atoms with Crippen molar-refractivity contribution in [3.63, 3.8) is 0 Å². The average Bonchev–Trinajstić information content (AvgIpc) is 2.44. The minimum Gasteiger partial charge on any atom is -0.468 e. The molecule has 1 unspecified atom stereocenters. The first-order valence-corrected chi connectivity index (χ1v) is 7.25. The van der Waals surface area contributed by atoms with Crippen LogP contribution in [0.4, 0.5) is 0 Å². The second-order valence-corrected chi connectivity index (χ2v) is 5.70. The highest BCUT2D eigenvalue weighted by Crippen LogP contribution is 2.08. The number of nitrogens with one attached hydrogen (secondary N) is 1. The number of ether oxygens (including phenoxy) is 1. The van der Waals surface area contributed by atoms with Crippen molar-refractivity contribution < 1.29 is 23.1 Å². The van der Waals surface area contributed by atoms with Crippen LogP contribution in [-0.2, 0) is 25.3 Å². The number of methoxy groups -OCH3 is 1. The summed E-state index contributed by atoms with van der Waals surface area (Å²) in [5.74, 6) is -1.23. The highest BCUT2D eigenvalue weighted by Gasteiger charge is 2.24. The Labute approximate surface area is 116 Å². The van der Waals surface area contributed by atoms with E-state index in [9.17, 15) is 13.2 Å². The van der Waals surface area contributed by atoms with E-state index in [1.165, 1.54) is 24.3 Å². The van der Waals surface area contributed by atoms with Crippen molar-refractivity contribution in [3.05, 3.63) is 35.4 Å². The summed E-state index contributed by atoms with van der Waals surface area (Å²) >= 11 is 0. The lowest BCUT2D eigenvalue weighted by Crippen LogP contribution is -2.44. The van der Waals surface area contributed by atoms with Gasteiger partial charge in [0.1, 0.15) is 6.04 Å². The van der Waals surface area contributed by atoms with Crippen molar-refractivity contribution >= 4 is 16.0 Å². The molecule has 20 heavy (non-hydrogen) atoms. The van der Waals surface area contributed by atoms with Gasteiger partial charge in [-0.25, -0.2) is 8.42 Å². The summed E-state index contributed by atoms with van der Waals surface area (Å²) in [6.07, 6.45) is 0. The smallest absolute Gasteiger partial charge is 0.326 e. The number of hydrogen-bond acceptors (Lipinski definition) is 6. The second kappa shape index (κ2) is 7.00. The molecule has 0 aliphatic carbocycles. The molecule has 0 fully saturated rings. The molecule has 0 aliphatic rings. The fourth-order valence-corrected chi connectivity index (χ4v) is 2.77. The van der Waals surface area contributed by atoms with Crippen molar-refractivity contribution in [1.82, 2.24) is 4.72 Å². The molecule has 7 nitrogen and oxygen atoms in total. The van der Waals surface area contributed by atoms with Gasteiger partial charge in [-0.05, 0) is 17.7 Å². The van der Waals surface area contributed by atoms with Crippen LogP contribution in [0.3, 0.4) is 0 Å². The third-order valence-corrected chi connectivity index (χ3v) is 3.79. The van der Waals surface area contributed by atoms with Crippen LogP contribution in [-0.4, -0.2) is 39.3 Å². The summed E-state index contributed by atoms with van der Waals surface area (Å²) in [6, 6.07) is 6.59. The number of sulfonamides is 1. The molecule has 0 bridgehead atoms. The zero-order valence-electron chi connectivity index (χ0n) is 10.7. The number of esters is 1. The summed E-state index contributed by atoms with van der Waals surface area (Å²) in [4.78, 5) is 11.2. The van der Waals surface area contributed by atoms with E-state index in [4.69, 9.17) is 10.4 Å². The van der Waals surface area contributed by atoms with E-state index in [-0.39, 0.29) is 5.75 Å². The van der Waals surface area contributed by atoms with Crippen LogP contribution in [0.15, 0.2) is 24.3 Å². The molecule has 0 radical (unpaired) electrons. The van der Waals surface area contributed by atoms with E-state index in [1.807, 2.05) is 6.07 Å². The standard InChI is InChI=1S/C12H14N2O5S/c1-19-12(16)11(7-15)14-20(17,18)8-10-4-2-9(6-13)3-5-10/h2-5,11,14-15H,7-8H2,1H3. The fraction of sp³-hybridized carbons (Fsp3) is 0.333. The number of carbonyl (C=O) groups is 1. The highest BCUT2D eigenvalue weighted by atomic mass is 32.2. The topological polar surface area (TPSA) is 116 Å². The lowest BCUT2D eigenvalue weighted by molar-refractivity contribution is -0.143. The maximum atomic E-state index is 11.8. The van der Waals surface area contributed by atoms with E-state index in [1.54, 1.807) is 0 Å². The van der Waals surface area contributed by atoms with Gasteiger partial charge in [0.05, 0.1) is 31.1 Å². The van der Waals surface area contributed by atoms with Crippen molar-refractivity contribution in [2.45, 2.75) is 11.8 Å². The minimum atomic E-state index is -3.81. The van der Waals surface area contributed by atoms with Crippen LogP contribution >= 0.6 is 0 Å². The zero-order valence-corrected chi connectivity index (χ0v) is 11.6. The Morgan fingerprint density at radius 2 is 2.05 bits per heavy atom. The number of nitrogens with zero attached hydrogens (tertiary/aromatic N) is 1. The first-order valence-electron chi connectivity index (χ1n) is 5.59. The molecule has 2 N–H and O–H groups in total. The molecule has 1 rings (SSSR count). The molecule has 0 spiro atoms. The van der Waals surface area contributed by atoms with Gasteiger partial charge < -0.3 is 9.84 Å². The first kappa shape index (κ1) is 16.1. The van der Waals surface area contributed by atoms with Gasteiger partial charge in [-0.3, -0.25) is 4.79 Å². The molecule has 0 saturated heterocycles. The van der Waals surface area contributed by atoms with Crippen LogP contribution in [0.25, 0.3) is 0 Å². The Balaban J connectivity index is 2.78. The lowest BCUT2D eigenvalue weighted by atomic mass is 10.2. The Bertz CT molecular complexity index is 604. The van der Waals surface area contributed by atoms with Gasteiger partial charge in [0.2, 0.25) is 10.0 Å². The van der Waals surface area contributed by atoms with Gasteiger partial charge in [-0.1, -0.05) is 12.1 Å². The summed E-state index contributed by atoms with van der Waals surface area (Å²) in [5.41, 5.74) is 0.875. The molecule has 8 heteroatoms. The minimum absolute atomic E-state index is 0.369. The van der Waals surface area contributed by atoms with Crippen molar-refractivity contribution in [2.24, 2.45) is 0 Å². The Hall–Kier alpha value is -1.95. The normalized spacial score (nSPS) is 12.4. The summed E-state index contributed by atoms with van der Waals surface area (Å²) in [5, 5.41) is 17.6. The predicted molar refractivity (Wildman–Crippen MR) is 69.8 cm³/mol. The van der Waals surface area contributed by atoms with Gasteiger partial charge in [-0.15, -0.1) is 0 Å². The molecule has 108 valence electrons. The quantitative estimate of drug-likeness (QED) is 0.685. The Morgan fingerprint density at radius 3 is 2.50 bits per heavy atom. The lowest BCUT2D eigenvalue weighted by Gasteiger charge is -2.14. The van der Waals surface area contributed by atoms with Gasteiger partial charge in [-0.2, -0.15) is 9.98 Å². The molecule has 0 heterocycles. The average molecular weight is 298 g/mol. The van der Waals surface area contributed by atoms with E-state index in [0.717, 1.165) is 7.11 Å². The molecule has 0 saturated carbocycles. The number of carbonyl (C=O) groups excluding carboxylic acids is 1. The molecule has 1 aromatic carbocycles.